The summed E-state index contributed by atoms with van der Waals surface area (Å²) in [6.45, 7) is 5.34. The van der Waals surface area contributed by atoms with Crippen molar-refractivity contribution >= 4 is 33.3 Å². The summed E-state index contributed by atoms with van der Waals surface area (Å²) < 4.78 is 5.69. The Bertz CT molecular complexity index is 777. The molecule has 1 unspecified atom stereocenters. The number of fused-ring (bicyclic) bond motifs is 1. The van der Waals surface area contributed by atoms with Crippen molar-refractivity contribution in [2.24, 2.45) is 0 Å². The lowest BCUT2D eigenvalue weighted by molar-refractivity contribution is 0.0766. The molecule has 0 aromatic carbocycles. The van der Waals surface area contributed by atoms with Crippen LogP contribution in [-0.2, 0) is 4.74 Å². The van der Waals surface area contributed by atoms with Crippen LogP contribution in [0.2, 0.25) is 0 Å². The van der Waals surface area contributed by atoms with Gasteiger partial charge in [0.05, 0.1) is 16.4 Å². The zero-order valence-corrected chi connectivity index (χ0v) is 16.1. The van der Waals surface area contributed by atoms with E-state index in [1.807, 2.05) is 11.8 Å². The fraction of sp³-hybridized carbons (Fsp3) is 0.632. The molecule has 4 heterocycles. The quantitative estimate of drug-likeness (QED) is 0.885. The molecule has 0 saturated carbocycles. The number of carbonyl (C=O) groups is 1. The molecule has 6 nitrogen and oxygen atoms in total. The topological polar surface area (TPSA) is 67.4 Å². The average Bonchev–Trinajstić information content (AvgIpc) is 3.19. The third kappa shape index (κ3) is 3.55. The molecule has 2 fully saturated rings. The second-order valence-electron chi connectivity index (χ2n) is 7.18. The van der Waals surface area contributed by atoms with Gasteiger partial charge in [0.25, 0.3) is 5.91 Å². The van der Waals surface area contributed by atoms with E-state index >= 15 is 0 Å². The third-order valence-corrected chi connectivity index (χ3v) is 6.52. The van der Waals surface area contributed by atoms with Gasteiger partial charge in [0, 0.05) is 26.2 Å². The number of rotatable bonds is 4. The van der Waals surface area contributed by atoms with Crippen LogP contribution in [0.4, 0.5) is 5.82 Å². The van der Waals surface area contributed by atoms with Gasteiger partial charge in [-0.3, -0.25) is 4.79 Å². The molecule has 2 aliphatic rings. The summed E-state index contributed by atoms with van der Waals surface area (Å²) in [5.41, 5.74) is 0.995. The summed E-state index contributed by atoms with van der Waals surface area (Å²) in [5, 5.41) is 4.40. The summed E-state index contributed by atoms with van der Waals surface area (Å²) >= 11 is 1.49. The van der Waals surface area contributed by atoms with E-state index in [2.05, 4.69) is 15.3 Å². The number of aromatic nitrogens is 2. The van der Waals surface area contributed by atoms with Crippen molar-refractivity contribution in [1.82, 2.24) is 14.9 Å². The summed E-state index contributed by atoms with van der Waals surface area (Å²) in [6.07, 6.45) is 8.68. The molecule has 0 aliphatic carbocycles. The van der Waals surface area contributed by atoms with E-state index in [1.165, 1.54) is 24.2 Å². The molecule has 26 heavy (non-hydrogen) atoms. The molecule has 0 spiro atoms. The lowest BCUT2D eigenvalue weighted by Crippen LogP contribution is -2.31. The zero-order chi connectivity index (χ0) is 17.9. The number of hydrogen-bond donors (Lipinski definition) is 1. The molecule has 1 N–H and O–H groups in total. The molecule has 0 bridgehead atoms. The second kappa shape index (κ2) is 7.88. The van der Waals surface area contributed by atoms with Crippen LogP contribution in [0.1, 0.15) is 53.8 Å². The normalized spacial score (nSPS) is 21.1. The van der Waals surface area contributed by atoms with Crippen LogP contribution in [0.15, 0.2) is 6.33 Å². The largest absolute Gasteiger partial charge is 0.376 e. The van der Waals surface area contributed by atoms with Gasteiger partial charge in [-0.25, -0.2) is 9.97 Å². The third-order valence-electron chi connectivity index (χ3n) is 5.34. The minimum absolute atomic E-state index is 0.150. The lowest BCUT2D eigenvalue weighted by Gasteiger charge is -2.19. The molecular weight excluding hydrogens is 348 g/mol. The summed E-state index contributed by atoms with van der Waals surface area (Å²) in [4.78, 5) is 25.6. The first-order valence-electron chi connectivity index (χ1n) is 9.63. The van der Waals surface area contributed by atoms with Crippen LogP contribution in [0.5, 0.6) is 0 Å². The smallest absolute Gasteiger partial charge is 0.264 e. The first kappa shape index (κ1) is 17.7. The average molecular weight is 375 g/mol. The number of nitrogens with one attached hydrogen (secondary N) is 1. The lowest BCUT2D eigenvalue weighted by atomic mass is 10.1. The number of likely N-dealkylation sites (tertiary alicyclic amines) is 1. The number of ether oxygens (including phenoxy) is 1. The van der Waals surface area contributed by atoms with Crippen molar-refractivity contribution in [2.45, 2.75) is 51.6 Å². The Kier molecular flexibility index (Phi) is 5.36. The Morgan fingerprint density at radius 3 is 2.81 bits per heavy atom. The predicted molar refractivity (Wildman–Crippen MR) is 104 cm³/mol. The van der Waals surface area contributed by atoms with Gasteiger partial charge in [-0.15, -0.1) is 11.3 Å². The van der Waals surface area contributed by atoms with Crippen LogP contribution in [-0.4, -0.2) is 53.1 Å². The number of thiophene rings is 1. The van der Waals surface area contributed by atoms with E-state index in [0.29, 0.717) is 0 Å². The highest BCUT2D eigenvalue weighted by Gasteiger charge is 2.24. The van der Waals surface area contributed by atoms with E-state index in [1.54, 1.807) is 6.33 Å². The number of hydrogen-bond acceptors (Lipinski definition) is 6. The number of aryl methyl sites for hydroxylation is 1. The standard InChI is InChI=1S/C19H26N4O2S/c1-13-15-17(20-11-14-7-6-10-25-14)21-12-22-18(15)26-16(13)19(24)23-8-4-2-3-5-9-23/h12,14H,2-11H2,1H3,(H,20,21,22). The molecule has 4 rings (SSSR count). The fourth-order valence-electron chi connectivity index (χ4n) is 3.84. The van der Waals surface area contributed by atoms with E-state index < -0.39 is 0 Å². The Morgan fingerprint density at radius 2 is 2.08 bits per heavy atom. The predicted octanol–water partition coefficient (Wildman–Crippen LogP) is 3.61. The molecule has 2 aliphatic heterocycles. The van der Waals surface area contributed by atoms with Gasteiger partial charge in [0.15, 0.2) is 0 Å². The number of carbonyl (C=O) groups excluding carboxylic acids is 1. The van der Waals surface area contributed by atoms with Crippen molar-refractivity contribution in [3.63, 3.8) is 0 Å². The summed E-state index contributed by atoms with van der Waals surface area (Å²) in [6, 6.07) is 0. The molecule has 2 aromatic heterocycles. The van der Waals surface area contributed by atoms with Crippen molar-refractivity contribution in [3.8, 4) is 0 Å². The van der Waals surface area contributed by atoms with Crippen LogP contribution in [0, 0.1) is 6.92 Å². The number of anilines is 1. The number of nitrogens with zero attached hydrogens (tertiary/aromatic N) is 3. The molecule has 2 aromatic rings. The Labute approximate surface area is 158 Å². The number of amides is 1. The highest BCUT2D eigenvalue weighted by atomic mass is 32.1. The van der Waals surface area contributed by atoms with Crippen LogP contribution < -0.4 is 5.32 Å². The van der Waals surface area contributed by atoms with Crippen LogP contribution in [0.25, 0.3) is 10.2 Å². The minimum atomic E-state index is 0.150. The monoisotopic (exact) mass is 374 g/mol. The van der Waals surface area contributed by atoms with Gasteiger partial charge in [-0.05, 0) is 38.2 Å². The molecule has 7 heteroatoms. The van der Waals surface area contributed by atoms with E-state index in [9.17, 15) is 4.79 Å². The van der Waals surface area contributed by atoms with Gasteiger partial charge in [-0.1, -0.05) is 12.8 Å². The van der Waals surface area contributed by atoms with Crippen molar-refractivity contribution in [1.29, 1.82) is 0 Å². The van der Waals surface area contributed by atoms with Crippen LogP contribution >= 0.6 is 11.3 Å². The first-order chi connectivity index (χ1) is 12.7. The van der Waals surface area contributed by atoms with Crippen molar-refractivity contribution in [3.05, 3.63) is 16.8 Å². The summed E-state index contributed by atoms with van der Waals surface area (Å²) in [7, 11) is 0. The minimum Gasteiger partial charge on any atom is -0.376 e. The van der Waals surface area contributed by atoms with Gasteiger partial charge < -0.3 is 15.0 Å². The van der Waals surface area contributed by atoms with Gasteiger partial charge in [0.2, 0.25) is 0 Å². The molecule has 1 atom stereocenters. The SMILES string of the molecule is Cc1c(C(=O)N2CCCCCC2)sc2ncnc(NCC3CCCO3)c12. The highest BCUT2D eigenvalue weighted by Crippen LogP contribution is 2.34. The molecule has 2 saturated heterocycles. The van der Waals surface area contributed by atoms with Crippen molar-refractivity contribution in [2.75, 3.05) is 31.6 Å². The maximum Gasteiger partial charge on any atom is 0.264 e. The first-order valence-corrected chi connectivity index (χ1v) is 10.4. The summed E-state index contributed by atoms with van der Waals surface area (Å²) in [5.74, 6) is 0.964. The van der Waals surface area contributed by atoms with Gasteiger partial charge >= 0.3 is 0 Å². The van der Waals surface area contributed by atoms with E-state index in [-0.39, 0.29) is 12.0 Å². The van der Waals surface area contributed by atoms with E-state index in [4.69, 9.17) is 4.74 Å². The van der Waals surface area contributed by atoms with Gasteiger partial charge in [-0.2, -0.15) is 0 Å². The molecule has 0 radical (unpaired) electrons. The fourth-order valence-corrected chi connectivity index (χ4v) is 4.96. The zero-order valence-electron chi connectivity index (χ0n) is 15.3. The van der Waals surface area contributed by atoms with E-state index in [0.717, 1.165) is 78.4 Å². The molecule has 1 amide bonds. The maximum absolute atomic E-state index is 13.1. The van der Waals surface area contributed by atoms with Gasteiger partial charge in [0.1, 0.15) is 17.0 Å². The Balaban J connectivity index is 1.59. The Hall–Kier alpha value is -1.73. The highest BCUT2D eigenvalue weighted by molar-refractivity contribution is 7.20. The Morgan fingerprint density at radius 1 is 1.27 bits per heavy atom. The maximum atomic E-state index is 13.1. The van der Waals surface area contributed by atoms with Crippen molar-refractivity contribution < 1.29 is 9.53 Å². The second-order valence-corrected chi connectivity index (χ2v) is 8.18. The molecule has 140 valence electrons. The van der Waals surface area contributed by atoms with Crippen LogP contribution in [0.3, 0.4) is 0 Å². The molecular formula is C19H26N4O2S.